The van der Waals surface area contributed by atoms with Crippen LogP contribution in [0.3, 0.4) is 0 Å². The van der Waals surface area contributed by atoms with E-state index in [4.69, 9.17) is 9.84 Å². The molecule has 6 nitrogen and oxygen atoms in total. The number of anilines is 1. The molecule has 0 atom stereocenters. The van der Waals surface area contributed by atoms with Crippen molar-refractivity contribution < 1.29 is 19.4 Å². The maximum Gasteiger partial charge on any atom is 0.324 e. The standard InChI is InChI=1S/C20H21BrN2O4/c21-17-5-7-18(8-6-17)23(20(26)22-9-11-27-12-10-22)13-15-1-3-16(4-2-15)19(25)14-24/h1-8,24H,9-14H2. The fraction of sp³-hybridized carbons (Fsp3) is 0.300. The Balaban J connectivity index is 1.83. The summed E-state index contributed by atoms with van der Waals surface area (Å²) < 4.78 is 6.29. The average Bonchev–Trinajstić information content (AvgIpc) is 2.73. The molecule has 27 heavy (non-hydrogen) atoms. The van der Waals surface area contributed by atoms with Crippen molar-refractivity contribution in [1.29, 1.82) is 0 Å². The third-order valence-corrected chi connectivity index (χ3v) is 4.94. The molecule has 0 unspecified atom stereocenters. The molecule has 0 bridgehead atoms. The number of ketones is 1. The van der Waals surface area contributed by atoms with Crippen LogP contribution >= 0.6 is 15.9 Å². The summed E-state index contributed by atoms with van der Waals surface area (Å²) in [6.45, 7) is 2.08. The van der Waals surface area contributed by atoms with E-state index in [2.05, 4.69) is 15.9 Å². The van der Waals surface area contributed by atoms with E-state index in [1.54, 1.807) is 34.1 Å². The topological polar surface area (TPSA) is 70.1 Å². The van der Waals surface area contributed by atoms with Gasteiger partial charge in [0.15, 0.2) is 5.78 Å². The van der Waals surface area contributed by atoms with Gasteiger partial charge in [-0.2, -0.15) is 0 Å². The quantitative estimate of drug-likeness (QED) is 0.736. The molecular formula is C20H21BrN2O4. The monoisotopic (exact) mass is 432 g/mol. The molecule has 3 rings (SSSR count). The number of amides is 2. The Kier molecular flexibility index (Phi) is 6.60. The predicted octanol–water partition coefficient (Wildman–Crippen LogP) is 3.08. The smallest absolute Gasteiger partial charge is 0.324 e. The maximum atomic E-state index is 13.1. The van der Waals surface area contributed by atoms with Gasteiger partial charge in [0.2, 0.25) is 0 Å². The number of aliphatic hydroxyl groups is 1. The van der Waals surface area contributed by atoms with Crippen LogP contribution < -0.4 is 4.90 Å². The summed E-state index contributed by atoms with van der Waals surface area (Å²) in [5.74, 6) is -0.323. The minimum absolute atomic E-state index is 0.0730. The zero-order valence-corrected chi connectivity index (χ0v) is 16.4. The van der Waals surface area contributed by atoms with Crippen LogP contribution in [0.15, 0.2) is 53.0 Å². The number of aliphatic hydroxyl groups excluding tert-OH is 1. The lowest BCUT2D eigenvalue weighted by atomic mass is 10.1. The summed E-state index contributed by atoms with van der Waals surface area (Å²) in [5, 5.41) is 8.97. The molecule has 2 aromatic carbocycles. The number of ether oxygens (including phenoxy) is 1. The van der Waals surface area contributed by atoms with Crippen LogP contribution in [0.25, 0.3) is 0 Å². The zero-order valence-electron chi connectivity index (χ0n) is 14.8. The van der Waals surface area contributed by atoms with Gasteiger partial charge in [0.05, 0.1) is 19.8 Å². The molecule has 1 aliphatic rings. The highest BCUT2D eigenvalue weighted by atomic mass is 79.9. The lowest BCUT2D eigenvalue weighted by molar-refractivity contribution is 0.0548. The van der Waals surface area contributed by atoms with Crippen molar-refractivity contribution >= 4 is 33.4 Å². The van der Waals surface area contributed by atoms with Crippen molar-refractivity contribution in [2.75, 3.05) is 37.8 Å². The molecule has 1 saturated heterocycles. The Morgan fingerprint density at radius 2 is 1.67 bits per heavy atom. The van der Waals surface area contributed by atoms with Gasteiger partial charge in [-0.15, -0.1) is 0 Å². The van der Waals surface area contributed by atoms with Gasteiger partial charge in [0, 0.05) is 28.8 Å². The van der Waals surface area contributed by atoms with Crippen LogP contribution in [0.5, 0.6) is 0 Å². The first-order valence-corrected chi connectivity index (χ1v) is 9.50. The second kappa shape index (κ2) is 9.12. The Morgan fingerprint density at radius 3 is 2.26 bits per heavy atom. The molecule has 0 aliphatic carbocycles. The fourth-order valence-electron chi connectivity index (χ4n) is 2.89. The molecule has 1 heterocycles. The van der Waals surface area contributed by atoms with E-state index >= 15 is 0 Å². The zero-order chi connectivity index (χ0) is 19.2. The molecule has 0 radical (unpaired) electrons. The molecule has 1 fully saturated rings. The summed E-state index contributed by atoms with van der Waals surface area (Å²) in [6, 6.07) is 14.5. The van der Waals surface area contributed by atoms with Crippen molar-refractivity contribution in [3.05, 3.63) is 64.1 Å². The third-order valence-electron chi connectivity index (χ3n) is 4.41. The molecular weight excluding hydrogens is 412 g/mol. The first-order valence-electron chi connectivity index (χ1n) is 8.71. The maximum absolute atomic E-state index is 13.1. The molecule has 0 aromatic heterocycles. The van der Waals surface area contributed by atoms with Crippen molar-refractivity contribution in [1.82, 2.24) is 4.90 Å². The van der Waals surface area contributed by atoms with Crippen LogP contribution in [-0.4, -0.2) is 54.7 Å². The summed E-state index contributed by atoms with van der Waals surface area (Å²) in [6.07, 6.45) is 0. The Bertz CT molecular complexity index is 787. The van der Waals surface area contributed by atoms with Gasteiger partial charge in [0.1, 0.15) is 6.61 Å². The highest BCUT2D eigenvalue weighted by molar-refractivity contribution is 9.10. The van der Waals surface area contributed by atoms with Gasteiger partial charge in [0.25, 0.3) is 0 Å². The van der Waals surface area contributed by atoms with Crippen molar-refractivity contribution in [3.8, 4) is 0 Å². The average molecular weight is 433 g/mol. The number of urea groups is 1. The summed E-state index contributed by atoms with van der Waals surface area (Å²) >= 11 is 3.42. The molecule has 2 amide bonds. The van der Waals surface area contributed by atoms with Gasteiger partial charge >= 0.3 is 6.03 Å². The van der Waals surface area contributed by atoms with Gasteiger partial charge in [-0.05, 0) is 29.8 Å². The number of halogens is 1. The summed E-state index contributed by atoms with van der Waals surface area (Å²) in [4.78, 5) is 28.2. The number of hydrogen-bond acceptors (Lipinski definition) is 4. The van der Waals surface area contributed by atoms with Crippen molar-refractivity contribution in [2.45, 2.75) is 6.54 Å². The van der Waals surface area contributed by atoms with E-state index in [-0.39, 0.29) is 11.8 Å². The van der Waals surface area contributed by atoms with Gasteiger partial charge < -0.3 is 14.7 Å². The van der Waals surface area contributed by atoms with Crippen LogP contribution in [0.2, 0.25) is 0 Å². The van der Waals surface area contributed by atoms with Crippen LogP contribution in [0.1, 0.15) is 15.9 Å². The van der Waals surface area contributed by atoms with Gasteiger partial charge in [-0.1, -0.05) is 40.2 Å². The lowest BCUT2D eigenvalue weighted by Crippen LogP contribution is -2.48. The number of carbonyl (C=O) groups excluding carboxylic acids is 2. The van der Waals surface area contributed by atoms with E-state index in [0.29, 0.717) is 38.4 Å². The van der Waals surface area contributed by atoms with Crippen molar-refractivity contribution in [2.24, 2.45) is 0 Å². The Hall–Kier alpha value is -2.22. The highest BCUT2D eigenvalue weighted by Crippen LogP contribution is 2.22. The number of carbonyl (C=O) groups is 2. The summed E-state index contributed by atoms with van der Waals surface area (Å²) in [5.41, 5.74) is 2.15. The van der Waals surface area contributed by atoms with E-state index in [9.17, 15) is 9.59 Å². The predicted molar refractivity (Wildman–Crippen MR) is 106 cm³/mol. The van der Waals surface area contributed by atoms with Gasteiger partial charge in [-0.25, -0.2) is 4.79 Å². The second-order valence-electron chi connectivity index (χ2n) is 6.22. The molecule has 1 N–H and O–H groups in total. The minimum atomic E-state index is -0.514. The number of benzene rings is 2. The van der Waals surface area contributed by atoms with E-state index in [1.807, 2.05) is 24.3 Å². The highest BCUT2D eigenvalue weighted by Gasteiger charge is 2.24. The molecule has 142 valence electrons. The number of nitrogens with zero attached hydrogens (tertiary/aromatic N) is 2. The van der Waals surface area contributed by atoms with Crippen LogP contribution in [-0.2, 0) is 11.3 Å². The Morgan fingerprint density at radius 1 is 1.04 bits per heavy atom. The van der Waals surface area contributed by atoms with Crippen LogP contribution in [0, 0.1) is 0 Å². The number of Topliss-reactive ketones (excluding diaryl/α,β-unsaturated/α-hetero) is 1. The Labute approximate surface area is 166 Å². The minimum Gasteiger partial charge on any atom is -0.388 e. The van der Waals surface area contributed by atoms with Crippen molar-refractivity contribution in [3.63, 3.8) is 0 Å². The lowest BCUT2D eigenvalue weighted by Gasteiger charge is -2.33. The first-order chi connectivity index (χ1) is 13.1. The van der Waals surface area contributed by atoms with E-state index in [0.717, 1.165) is 15.7 Å². The first kappa shape index (κ1) is 19.5. The molecule has 2 aromatic rings. The largest absolute Gasteiger partial charge is 0.388 e. The van der Waals surface area contributed by atoms with E-state index in [1.165, 1.54) is 0 Å². The van der Waals surface area contributed by atoms with Crippen LogP contribution in [0.4, 0.5) is 10.5 Å². The normalized spacial score (nSPS) is 14.1. The third kappa shape index (κ3) is 4.94. The fourth-order valence-corrected chi connectivity index (χ4v) is 3.15. The number of morpholine rings is 1. The SMILES string of the molecule is O=C(CO)c1ccc(CN(C(=O)N2CCOCC2)c2ccc(Br)cc2)cc1. The molecule has 7 heteroatoms. The second-order valence-corrected chi connectivity index (χ2v) is 7.14. The summed E-state index contributed by atoms with van der Waals surface area (Å²) in [7, 11) is 0. The molecule has 1 aliphatic heterocycles. The molecule has 0 spiro atoms. The molecule has 0 saturated carbocycles. The van der Waals surface area contributed by atoms with E-state index < -0.39 is 6.61 Å². The van der Waals surface area contributed by atoms with Gasteiger partial charge in [-0.3, -0.25) is 9.69 Å². The number of rotatable bonds is 5. The number of hydrogen-bond donors (Lipinski definition) is 1.